The average Bonchev–Trinajstić information content (AvgIpc) is 2.84. The summed E-state index contributed by atoms with van der Waals surface area (Å²) in [4.78, 5) is 4.26. The molecule has 0 aliphatic heterocycles. The molecule has 5 nitrogen and oxygen atoms in total. The molecule has 6 heteroatoms. The van der Waals surface area contributed by atoms with Crippen LogP contribution in [0.1, 0.15) is 29.9 Å². The number of halogens is 1. The van der Waals surface area contributed by atoms with E-state index in [1.807, 2.05) is 36.7 Å². The lowest BCUT2D eigenvalue weighted by atomic mass is 10.0. The molecular formula is C13H18ClN5. The smallest absolute Gasteiger partial charge is 0.138 e. The van der Waals surface area contributed by atoms with E-state index in [1.165, 1.54) is 0 Å². The highest BCUT2D eigenvalue weighted by molar-refractivity contribution is 6.31. The number of aromatic nitrogens is 3. The summed E-state index contributed by atoms with van der Waals surface area (Å²) in [5.74, 6) is 6.54. The van der Waals surface area contributed by atoms with Crippen molar-refractivity contribution in [2.45, 2.75) is 32.9 Å². The van der Waals surface area contributed by atoms with Crippen molar-refractivity contribution in [1.29, 1.82) is 0 Å². The largest absolute Gasteiger partial charge is 0.271 e. The highest BCUT2D eigenvalue weighted by atomic mass is 35.5. The zero-order chi connectivity index (χ0) is 13.8. The Kier molecular flexibility index (Phi) is 4.52. The first kappa shape index (κ1) is 14.0. The van der Waals surface area contributed by atoms with Crippen LogP contribution in [0.15, 0.2) is 24.5 Å². The third kappa shape index (κ3) is 3.12. The number of hydrogen-bond acceptors (Lipinski definition) is 4. The molecule has 3 N–H and O–H groups in total. The predicted molar refractivity (Wildman–Crippen MR) is 75.7 cm³/mol. The molecule has 2 aromatic rings. The Bertz CT molecular complexity index is 552. The van der Waals surface area contributed by atoms with Gasteiger partial charge in [0, 0.05) is 18.0 Å². The van der Waals surface area contributed by atoms with Crippen molar-refractivity contribution in [3.8, 4) is 0 Å². The van der Waals surface area contributed by atoms with Crippen LogP contribution < -0.4 is 11.3 Å². The van der Waals surface area contributed by atoms with E-state index < -0.39 is 0 Å². The highest BCUT2D eigenvalue weighted by Crippen LogP contribution is 2.25. The third-order valence-corrected chi connectivity index (χ3v) is 3.44. The Morgan fingerprint density at radius 1 is 1.47 bits per heavy atom. The second-order valence-electron chi connectivity index (χ2n) is 4.44. The molecule has 0 radical (unpaired) electrons. The van der Waals surface area contributed by atoms with Crippen LogP contribution in [0.25, 0.3) is 0 Å². The van der Waals surface area contributed by atoms with Gasteiger partial charge in [-0.3, -0.25) is 16.0 Å². The van der Waals surface area contributed by atoms with E-state index >= 15 is 0 Å². The molecule has 2 rings (SSSR count). The Hall–Kier alpha value is -1.43. The van der Waals surface area contributed by atoms with Gasteiger partial charge < -0.3 is 0 Å². The summed E-state index contributed by atoms with van der Waals surface area (Å²) in [6.07, 6.45) is 2.20. The molecule has 1 atom stereocenters. The maximum absolute atomic E-state index is 6.28. The number of nitrogens with zero attached hydrogens (tertiary/aromatic N) is 3. The molecule has 19 heavy (non-hydrogen) atoms. The van der Waals surface area contributed by atoms with E-state index in [0.29, 0.717) is 11.4 Å². The van der Waals surface area contributed by atoms with E-state index in [1.54, 1.807) is 6.33 Å². The minimum atomic E-state index is -0.0809. The zero-order valence-corrected chi connectivity index (χ0v) is 11.9. The molecule has 0 saturated carbocycles. The fourth-order valence-corrected chi connectivity index (χ4v) is 2.43. The Morgan fingerprint density at radius 2 is 2.26 bits per heavy atom. The van der Waals surface area contributed by atoms with Crippen molar-refractivity contribution in [3.05, 3.63) is 46.5 Å². The Morgan fingerprint density at radius 3 is 2.89 bits per heavy atom. The van der Waals surface area contributed by atoms with Crippen molar-refractivity contribution in [1.82, 2.24) is 20.2 Å². The number of hydrazine groups is 1. The van der Waals surface area contributed by atoms with Gasteiger partial charge in [-0.1, -0.05) is 23.7 Å². The quantitative estimate of drug-likeness (QED) is 0.649. The molecule has 0 fully saturated rings. The van der Waals surface area contributed by atoms with Gasteiger partial charge in [-0.15, -0.1) is 0 Å². The number of aryl methyl sites for hydroxylation is 2. The normalized spacial score (nSPS) is 12.6. The summed E-state index contributed by atoms with van der Waals surface area (Å²) < 4.78 is 1.85. The monoisotopic (exact) mass is 279 g/mol. The van der Waals surface area contributed by atoms with Crippen molar-refractivity contribution < 1.29 is 0 Å². The Balaban J connectivity index is 2.25. The van der Waals surface area contributed by atoms with Gasteiger partial charge >= 0.3 is 0 Å². The molecule has 102 valence electrons. The van der Waals surface area contributed by atoms with Crippen LogP contribution in [0.3, 0.4) is 0 Å². The van der Waals surface area contributed by atoms with E-state index in [0.717, 1.165) is 23.5 Å². The molecule has 1 aromatic carbocycles. The first-order chi connectivity index (χ1) is 9.15. The van der Waals surface area contributed by atoms with Crippen LogP contribution in [0, 0.1) is 6.92 Å². The SMILES string of the molecule is CCn1ncnc1CC(NN)c1ccc(C)cc1Cl. The van der Waals surface area contributed by atoms with Gasteiger partial charge in [-0.2, -0.15) is 5.10 Å². The highest BCUT2D eigenvalue weighted by Gasteiger charge is 2.17. The van der Waals surface area contributed by atoms with Crippen LogP contribution in [-0.2, 0) is 13.0 Å². The summed E-state index contributed by atoms with van der Waals surface area (Å²) in [5.41, 5.74) is 4.90. The maximum Gasteiger partial charge on any atom is 0.138 e. The van der Waals surface area contributed by atoms with E-state index in [2.05, 4.69) is 15.5 Å². The standard InChI is InChI=1S/C13H18ClN5/c1-3-19-13(16-8-17-19)7-12(18-15)10-5-4-9(2)6-11(10)14/h4-6,8,12,18H,3,7,15H2,1-2H3. The van der Waals surface area contributed by atoms with Crippen LogP contribution in [0.4, 0.5) is 0 Å². The van der Waals surface area contributed by atoms with E-state index in [-0.39, 0.29) is 6.04 Å². The van der Waals surface area contributed by atoms with Gasteiger partial charge in [-0.05, 0) is 31.0 Å². The maximum atomic E-state index is 6.28. The molecule has 1 heterocycles. The van der Waals surface area contributed by atoms with Crippen molar-refractivity contribution in [2.75, 3.05) is 0 Å². The summed E-state index contributed by atoms with van der Waals surface area (Å²) in [6.45, 7) is 4.82. The third-order valence-electron chi connectivity index (χ3n) is 3.11. The van der Waals surface area contributed by atoms with Crippen LogP contribution in [0.5, 0.6) is 0 Å². The lowest BCUT2D eigenvalue weighted by Gasteiger charge is -2.17. The molecule has 0 aliphatic rings. The zero-order valence-electron chi connectivity index (χ0n) is 11.1. The van der Waals surface area contributed by atoms with E-state index in [4.69, 9.17) is 17.4 Å². The molecule has 1 unspecified atom stereocenters. The molecule has 0 amide bonds. The van der Waals surface area contributed by atoms with Gasteiger partial charge in [0.25, 0.3) is 0 Å². The van der Waals surface area contributed by atoms with Crippen molar-refractivity contribution in [3.63, 3.8) is 0 Å². The topological polar surface area (TPSA) is 68.8 Å². The first-order valence-electron chi connectivity index (χ1n) is 6.24. The molecule has 0 saturated heterocycles. The number of benzene rings is 1. The summed E-state index contributed by atoms with van der Waals surface area (Å²) in [6, 6.07) is 5.87. The number of rotatable bonds is 5. The van der Waals surface area contributed by atoms with Gasteiger partial charge in [-0.25, -0.2) is 4.98 Å². The number of nitrogens with two attached hydrogens (primary N) is 1. The molecular weight excluding hydrogens is 262 g/mol. The number of hydrogen-bond donors (Lipinski definition) is 2. The fraction of sp³-hybridized carbons (Fsp3) is 0.385. The first-order valence-corrected chi connectivity index (χ1v) is 6.62. The van der Waals surface area contributed by atoms with E-state index in [9.17, 15) is 0 Å². The van der Waals surface area contributed by atoms with Gasteiger partial charge in [0.2, 0.25) is 0 Å². The lowest BCUT2D eigenvalue weighted by Crippen LogP contribution is -2.30. The van der Waals surface area contributed by atoms with Crippen LogP contribution in [0.2, 0.25) is 5.02 Å². The average molecular weight is 280 g/mol. The molecule has 1 aromatic heterocycles. The molecule has 0 bridgehead atoms. The van der Waals surface area contributed by atoms with Crippen molar-refractivity contribution >= 4 is 11.6 Å². The molecule has 0 aliphatic carbocycles. The lowest BCUT2D eigenvalue weighted by molar-refractivity contribution is 0.510. The summed E-state index contributed by atoms with van der Waals surface area (Å²) in [5, 5.41) is 4.87. The predicted octanol–water partition coefficient (Wildman–Crippen LogP) is 2.01. The van der Waals surface area contributed by atoms with Gasteiger partial charge in [0.05, 0.1) is 6.04 Å². The van der Waals surface area contributed by atoms with Crippen molar-refractivity contribution in [2.24, 2.45) is 5.84 Å². The fourth-order valence-electron chi connectivity index (χ4n) is 2.07. The second kappa shape index (κ2) is 6.14. The second-order valence-corrected chi connectivity index (χ2v) is 4.85. The molecule has 0 spiro atoms. The Labute approximate surface area is 117 Å². The van der Waals surface area contributed by atoms with Gasteiger partial charge in [0.1, 0.15) is 12.2 Å². The summed E-state index contributed by atoms with van der Waals surface area (Å²) in [7, 11) is 0. The number of nitrogens with one attached hydrogen (secondary N) is 1. The minimum absolute atomic E-state index is 0.0809. The van der Waals surface area contributed by atoms with Crippen LogP contribution >= 0.6 is 11.6 Å². The van der Waals surface area contributed by atoms with Gasteiger partial charge in [0.15, 0.2) is 0 Å². The summed E-state index contributed by atoms with van der Waals surface area (Å²) >= 11 is 6.28. The van der Waals surface area contributed by atoms with Crippen LogP contribution in [-0.4, -0.2) is 14.8 Å². The minimum Gasteiger partial charge on any atom is -0.271 e.